The molecule has 0 fully saturated rings. The molecule has 1 aromatic carbocycles. The standard InChI is InChI=1S/C16H24BrFN2O/c1-4-20(5-2)11-7-8-12(3)19-16(21)13-9-6-10-14(18)15(13)17/h6,9-10,12H,4-5,7-8,11H2,1-3H3,(H,19,21). The van der Waals surface area contributed by atoms with E-state index in [0.717, 1.165) is 32.5 Å². The molecule has 5 heteroatoms. The molecule has 1 amide bonds. The Labute approximate surface area is 135 Å². The summed E-state index contributed by atoms with van der Waals surface area (Å²) in [7, 11) is 0. The Bertz CT molecular complexity index is 464. The van der Waals surface area contributed by atoms with E-state index in [0.29, 0.717) is 5.56 Å². The number of benzene rings is 1. The molecular weight excluding hydrogens is 335 g/mol. The Kier molecular flexibility index (Phi) is 7.89. The highest BCUT2D eigenvalue weighted by Crippen LogP contribution is 2.20. The summed E-state index contributed by atoms with van der Waals surface area (Å²) in [4.78, 5) is 14.5. The first-order chi connectivity index (χ1) is 9.99. The van der Waals surface area contributed by atoms with Crippen molar-refractivity contribution in [3.05, 3.63) is 34.1 Å². The Hall–Kier alpha value is -0.940. The summed E-state index contributed by atoms with van der Waals surface area (Å²) >= 11 is 3.12. The molecule has 3 nitrogen and oxygen atoms in total. The summed E-state index contributed by atoms with van der Waals surface area (Å²) < 4.78 is 13.6. The highest BCUT2D eigenvalue weighted by atomic mass is 79.9. The van der Waals surface area contributed by atoms with E-state index in [1.807, 2.05) is 6.92 Å². The minimum Gasteiger partial charge on any atom is -0.350 e. The van der Waals surface area contributed by atoms with Crippen molar-refractivity contribution in [3.8, 4) is 0 Å². The number of halogens is 2. The van der Waals surface area contributed by atoms with E-state index in [1.165, 1.54) is 6.07 Å². The van der Waals surface area contributed by atoms with Gasteiger partial charge in [-0.15, -0.1) is 0 Å². The lowest BCUT2D eigenvalue weighted by molar-refractivity contribution is 0.0936. The van der Waals surface area contributed by atoms with E-state index >= 15 is 0 Å². The van der Waals surface area contributed by atoms with Crippen molar-refractivity contribution in [1.82, 2.24) is 10.2 Å². The monoisotopic (exact) mass is 358 g/mol. The van der Waals surface area contributed by atoms with Gasteiger partial charge < -0.3 is 10.2 Å². The van der Waals surface area contributed by atoms with Crippen molar-refractivity contribution in [1.29, 1.82) is 0 Å². The van der Waals surface area contributed by atoms with Crippen molar-refractivity contribution in [2.24, 2.45) is 0 Å². The van der Waals surface area contributed by atoms with Crippen LogP contribution in [-0.2, 0) is 0 Å². The van der Waals surface area contributed by atoms with Crippen molar-refractivity contribution in [2.45, 2.75) is 39.7 Å². The smallest absolute Gasteiger partial charge is 0.252 e. The van der Waals surface area contributed by atoms with Crippen LogP contribution >= 0.6 is 15.9 Å². The maximum atomic E-state index is 13.4. The summed E-state index contributed by atoms with van der Waals surface area (Å²) in [5.74, 6) is -0.659. The number of amides is 1. The number of nitrogens with one attached hydrogen (secondary N) is 1. The van der Waals surface area contributed by atoms with Gasteiger partial charge in [-0.3, -0.25) is 4.79 Å². The van der Waals surface area contributed by atoms with Gasteiger partial charge >= 0.3 is 0 Å². The summed E-state index contributed by atoms with van der Waals surface area (Å²) in [6, 6.07) is 4.56. The van der Waals surface area contributed by atoms with Crippen LogP contribution in [0.4, 0.5) is 4.39 Å². The Morgan fingerprint density at radius 3 is 2.67 bits per heavy atom. The average Bonchev–Trinajstić information content (AvgIpc) is 2.46. The Morgan fingerprint density at radius 2 is 2.05 bits per heavy atom. The van der Waals surface area contributed by atoms with Gasteiger partial charge in [0, 0.05) is 6.04 Å². The lowest BCUT2D eigenvalue weighted by Gasteiger charge is -2.20. The molecular formula is C16H24BrFN2O. The molecule has 118 valence electrons. The number of carbonyl (C=O) groups excluding carboxylic acids is 1. The topological polar surface area (TPSA) is 32.3 Å². The van der Waals surface area contributed by atoms with Crippen LogP contribution in [0.25, 0.3) is 0 Å². The van der Waals surface area contributed by atoms with Crippen molar-refractivity contribution in [3.63, 3.8) is 0 Å². The first-order valence-electron chi connectivity index (χ1n) is 7.46. The number of hydrogen-bond donors (Lipinski definition) is 1. The summed E-state index contributed by atoms with van der Waals surface area (Å²) in [6.45, 7) is 9.41. The van der Waals surface area contributed by atoms with Gasteiger partial charge in [0.1, 0.15) is 5.82 Å². The first kappa shape index (κ1) is 18.1. The molecule has 0 aromatic heterocycles. The predicted molar refractivity (Wildman–Crippen MR) is 88.1 cm³/mol. The second kappa shape index (κ2) is 9.15. The molecule has 0 aliphatic rings. The second-order valence-electron chi connectivity index (χ2n) is 5.14. The summed E-state index contributed by atoms with van der Waals surface area (Å²) in [5, 5.41) is 2.92. The van der Waals surface area contributed by atoms with E-state index in [9.17, 15) is 9.18 Å². The van der Waals surface area contributed by atoms with Gasteiger partial charge in [0.05, 0.1) is 10.0 Å². The van der Waals surface area contributed by atoms with Crippen LogP contribution in [0.1, 0.15) is 44.0 Å². The lowest BCUT2D eigenvalue weighted by Crippen LogP contribution is -2.34. The zero-order valence-corrected chi connectivity index (χ0v) is 14.5. The molecule has 0 saturated carbocycles. The van der Waals surface area contributed by atoms with Crippen LogP contribution in [0, 0.1) is 5.82 Å². The summed E-state index contributed by atoms with van der Waals surface area (Å²) in [5.41, 5.74) is 0.339. The van der Waals surface area contributed by atoms with Gasteiger partial charge in [0.25, 0.3) is 5.91 Å². The fourth-order valence-electron chi connectivity index (χ4n) is 2.21. The van der Waals surface area contributed by atoms with E-state index < -0.39 is 5.82 Å². The molecule has 1 rings (SSSR count). The number of nitrogens with zero attached hydrogens (tertiary/aromatic N) is 1. The zero-order chi connectivity index (χ0) is 15.8. The van der Waals surface area contributed by atoms with Crippen LogP contribution in [0.15, 0.2) is 22.7 Å². The SMILES string of the molecule is CCN(CC)CCCC(C)NC(=O)c1cccc(F)c1Br. The second-order valence-corrected chi connectivity index (χ2v) is 5.94. The van der Waals surface area contributed by atoms with E-state index in [-0.39, 0.29) is 16.4 Å². The fourth-order valence-corrected chi connectivity index (χ4v) is 2.66. The number of carbonyl (C=O) groups is 1. The molecule has 0 bridgehead atoms. The zero-order valence-electron chi connectivity index (χ0n) is 13.0. The molecule has 1 aromatic rings. The molecule has 1 atom stereocenters. The molecule has 0 aliphatic heterocycles. The van der Waals surface area contributed by atoms with Crippen LogP contribution < -0.4 is 5.32 Å². The third kappa shape index (κ3) is 5.75. The van der Waals surface area contributed by atoms with E-state index in [2.05, 4.69) is 40.0 Å². The molecule has 0 aliphatic carbocycles. The molecule has 0 saturated heterocycles. The molecule has 21 heavy (non-hydrogen) atoms. The van der Waals surface area contributed by atoms with Crippen molar-refractivity contribution in [2.75, 3.05) is 19.6 Å². The van der Waals surface area contributed by atoms with Crippen LogP contribution in [0.2, 0.25) is 0 Å². The van der Waals surface area contributed by atoms with Crippen LogP contribution in [0.5, 0.6) is 0 Å². The van der Waals surface area contributed by atoms with E-state index in [1.54, 1.807) is 12.1 Å². The Balaban J connectivity index is 2.45. The molecule has 0 radical (unpaired) electrons. The van der Waals surface area contributed by atoms with Gasteiger partial charge in [0.2, 0.25) is 0 Å². The highest BCUT2D eigenvalue weighted by molar-refractivity contribution is 9.10. The van der Waals surface area contributed by atoms with Gasteiger partial charge in [-0.25, -0.2) is 4.39 Å². The predicted octanol–water partition coefficient (Wildman–Crippen LogP) is 3.83. The number of rotatable bonds is 8. The third-order valence-electron chi connectivity index (χ3n) is 3.58. The third-order valence-corrected chi connectivity index (χ3v) is 4.39. The molecule has 0 spiro atoms. The maximum absolute atomic E-state index is 13.4. The maximum Gasteiger partial charge on any atom is 0.252 e. The van der Waals surface area contributed by atoms with Crippen LogP contribution in [0.3, 0.4) is 0 Å². The lowest BCUT2D eigenvalue weighted by atomic mass is 10.1. The van der Waals surface area contributed by atoms with Gasteiger partial charge in [-0.05, 0) is 67.5 Å². The largest absolute Gasteiger partial charge is 0.350 e. The normalized spacial score (nSPS) is 12.5. The molecule has 0 heterocycles. The average molecular weight is 359 g/mol. The van der Waals surface area contributed by atoms with Gasteiger partial charge in [-0.1, -0.05) is 19.9 Å². The van der Waals surface area contributed by atoms with E-state index in [4.69, 9.17) is 0 Å². The minimum absolute atomic E-state index is 0.0724. The highest BCUT2D eigenvalue weighted by Gasteiger charge is 2.15. The van der Waals surface area contributed by atoms with Crippen molar-refractivity contribution < 1.29 is 9.18 Å². The number of hydrogen-bond acceptors (Lipinski definition) is 2. The first-order valence-corrected chi connectivity index (χ1v) is 8.26. The van der Waals surface area contributed by atoms with Gasteiger partial charge in [0.15, 0.2) is 0 Å². The molecule has 1 N–H and O–H groups in total. The Morgan fingerprint density at radius 1 is 1.38 bits per heavy atom. The minimum atomic E-state index is -0.420. The quantitative estimate of drug-likeness (QED) is 0.765. The van der Waals surface area contributed by atoms with Crippen LogP contribution in [-0.4, -0.2) is 36.5 Å². The summed E-state index contributed by atoms with van der Waals surface area (Å²) in [6.07, 6.45) is 1.95. The fraction of sp³-hybridized carbons (Fsp3) is 0.562. The van der Waals surface area contributed by atoms with Gasteiger partial charge in [-0.2, -0.15) is 0 Å². The molecule has 1 unspecified atom stereocenters. The van der Waals surface area contributed by atoms with Crippen molar-refractivity contribution >= 4 is 21.8 Å².